The Morgan fingerprint density at radius 2 is 2.10 bits per heavy atom. The molecule has 1 aromatic carbocycles. The van der Waals surface area contributed by atoms with Crippen LogP contribution in [0.5, 0.6) is 11.6 Å². The van der Waals surface area contributed by atoms with Gasteiger partial charge in [-0.1, -0.05) is 0 Å². The van der Waals surface area contributed by atoms with Crippen LogP contribution in [0.4, 0.5) is 4.79 Å². The summed E-state index contributed by atoms with van der Waals surface area (Å²) in [4.78, 5) is 17.1. The molecule has 2 heterocycles. The van der Waals surface area contributed by atoms with Gasteiger partial charge in [0, 0.05) is 0 Å². The third-order valence-corrected chi connectivity index (χ3v) is 5.45. The molecule has 0 bridgehead atoms. The van der Waals surface area contributed by atoms with Gasteiger partial charge >= 0.3 is 6.09 Å². The standard InChI is InChI=1S/C22H21BrN4O4/c1-22(2,3)31-21(28)27-16-7-6-14(10-15(16)20(26-27)29-4)30-17-8-5-12-9-13(11-24)19(23)25-18(12)17/h6-7,9-10,17H,5,8H2,1-4H3. The van der Waals surface area contributed by atoms with Gasteiger partial charge in [0.05, 0.1) is 29.3 Å². The van der Waals surface area contributed by atoms with Crippen LogP contribution in [0.3, 0.4) is 0 Å². The molecule has 1 aliphatic carbocycles. The fourth-order valence-electron chi connectivity index (χ4n) is 3.54. The lowest BCUT2D eigenvalue weighted by Crippen LogP contribution is -2.27. The third kappa shape index (κ3) is 4.08. The van der Waals surface area contributed by atoms with E-state index in [9.17, 15) is 10.1 Å². The van der Waals surface area contributed by atoms with Gasteiger partial charge in [-0.05, 0) is 79.4 Å². The predicted molar refractivity (Wildman–Crippen MR) is 116 cm³/mol. The second-order valence-electron chi connectivity index (χ2n) is 8.21. The van der Waals surface area contributed by atoms with E-state index in [1.807, 2.05) is 6.07 Å². The zero-order valence-electron chi connectivity index (χ0n) is 17.6. The Morgan fingerprint density at radius 1 is 1.32 bits per heavy atom. The molecule has 31 heavy (non-hydrogen) atoms. The van der Waals surface area contributed by atoms with Crippen LogP contribution in [0, 0.1) is 11.3 Å². The highest BCUT2D eigenvalue weighted by Crippen LogP contribution is 2.37. The first-order valence-electron chi connectivity index (χ1n) is 9.76. The number of rotatable bonds is 3. The number of methoxy groups -OCH3 is 1. The number of halogens is 1. The van der Waals surface area contributed by atoms with Crippen molar-refractivity contribution in [1.82, 2.24) is 14.8 Å². The summed E-state index contributed by atoms with van der Waals surface area (Å²) in [5.41, 5.74) is 2.27. The largest absolute Gasteiger partial charge is 0.484 e. The van der Waals surface area contributed by atoms with E-state index in [-0.39, 0.29) is 6.10 Å². The number of pyridine rings is 1. The highest BCUT2D eigenvalue weighted by Gasteiger charge is 2.28. The number of carbonyl (C=O) groups is 1. The van der Waals surface area contributed by atoms with Crippen LogP contribution in [-0.4, -0.2) is 33.6 Å². The highest BCUT2D eigenvalue weighted by atomic mass is 79.9. The lowest BCUT2D eigenvalue weighted by Gasteiger charge is -2.19. The maximum absolute atomic E-state index is 12.5. The van der Waals surface area contributed by atoms with Crippen LogP contribution >= 0.6 is 15.9 Å². The Labute approximate surface area is 187 Å². The summed E-state index contributed by atoms with van der Waals surface area (Å²) in [5.74, 6) is 0.910. The molecule has 1 atom stereocenters. The maximum Gasteiger partial charge on any atom is 0.435 e. The SMILES string of the molecule is COc1nn(C(=O)OC(C)(C)C)c2ccc(OC3CCc4cc(C#N)c(Br)nc43)cc12. The summed E-state index contributed by atoms with van der Waals surface area (Å²) >= 11 is 3.35. The smallest absolute Gasteiger partial charge is 0.435 e. The van der Waals surface area contributed by atoms with Gasteiger partial charge in [-0.15, -0.1) is 5.10 Å². The number of nitriles is 1. The zero-order valence-corrected chi connectivity index (χ0v) is 19.2. The van der Waals surface area contributed by atoms with Crippen LogP contribution in [0.2, 0.25) is 0 Å². The first kappa shape index (κ1) is 21.1. The number of fused-ring (bicyclic) bond motifs is 2. The summed E-state index contributed by atoms with van der Waals surface area (Å²) < 4.78 is 18.7. The van der Waals surface area contributed by atoms with E-state index in [2.05, 4.69) is 32.1 Å². The fourth-order valence-corrected chi connectivity index (χ4v) is 3.94. The molecule has 9 heteroatoms. The molecule has 0 fully saturated rings. The predicted octanol–water partition coefficient (Wildman–Crippen LogP) is 4.92. The van der Waals surface area contributed by atoms with Crippen molar-refractivity contribution in [2.24, 2.45) is 0 Å². The molecular formula is C22H21BrN4O4. The van der Waals surface area contributed by atoms with Crippen LogP contribution in [0.15, 0.2) is 28.9 Å². The van der Waals surface area contributed by atoms with E-state index in [0.717, 1.165) is 24.1 Å². The Morgan fingerprint density at radius 3 is 2.77 bits per heavy atom. The molecule has 0 spiro atoms. The Hall–Kier alpha value is -3.12. The summed E-state index contributed by atoms with van der Waals surface area (Å²) in [5, 5.41) is 14.1. The molecule has 0 aliphatic heterocycles. The Bertz CT molecular complexity index is 1220. The monoisotopic (exact) mass is 484 g/mol. The second-order valence-corrected chi connectivity index (χ2v) is 8.96. The molecule has 0 N–H and O–H groups in total. The molecule has 1 unspecified atom stereocenters. The van der Waals surface area contributed by atoms with Crippen molar-refractivity contribution in [3.05, 3.63) is 45.7 Å². The molecule has 8 nitrogen and oxygen atoms in total. The first-order valence-corrected chi connectivity index (χ1v) is 10.6. The van der Waals surface area contributed by atoms with E-state index in [0.29, 0.717) is 32.7 Å². The van der Waals surface area contributed by atoms with Gasteiger partial charge in [0.15, 0.2) is 0 Å². The van der Waals surface area contributed by atoms with Gasteiger partial charge in [0.25, 0.3) is 0 Å². The van der Waals surface area contributed by atoms with Gasteiger partial charge < -0.3 is 14.2 Å². The van der Waals surface area contributed by atoms with Crippen molar-refractivity contribution >= 4 is 32.9 Å². The van der Waals surface area contributed by atoms with E-state index in [1.54, 1.807) is 39.0 Å². The van der Waals surface area contributed by atoms with Crippen LogP contribution in [0.1, 0.15) is 50.1 Å². The molecule has 160 valence electrons. The van der Waals surface area contributed by atoms with Gasteiger partial charge in [0.1, 0.15) is 28.1 Å². The minimum Gasteiger partial charge on any atom is -0.484 e. The lowest BCUT2D eigenvalue weighted by molar-refractivity contribution is 0.0520. The van der Waals surface area contributed by atoms with E-state index >= 15 is 0 Å². The van der Waals surface area contributed by atoms with Crippen molar-refractivity contribution in [2.75, 3.05) is 7.11 Å². The molecule has 0 saturated heterocycles. The summed E-state index contributed by atoms with van der Waals surface area (Å²) in [7, 11) is 1.50. The molecule has 0 amide bonds. The average Bonchev–Trinajstić information content (AvgIpc) is 3.27. The lowest BCUT2D eigenvalue weighted by atomic mass is 10.1. The molecule has 0 saturated carbocycles. The Balaban J connectivity index is 1.65. The maximum atomic E-state index is 12.5. The van der Waals surface area contributed by atoms with E-state index < -0.39 is 11.7 Å². The van der Waals surface area contributed by atoms with Crippen LogP contribution < -0.4 is 9.47 Å². The Kier molecular flexibility index (Phi) is 5.35. The topological polar surface area (TPSA) is 99.3 Å². The van der Waals surface area contributed by atoms with Crippen LogP contribution in [-0.2, 0) is 11.2 Å². The van der Waals surface area contributed by atoms with Gasteiger partial charge in [-0.25, -0.2) is 9.78 Å². The third-order valence-electron chi connectivity index (χ3n) is 4.85. The summed E-state index contributed by atoms with van der Waals surface area (Å²) in [6.07, 6.45) is 0.734. The van der Waals surface area contributed by atoms with Gasteiger partial charge in [-0.3, -0.25) is 0 Å². The average molecular weight is 485 g/mol. The van der Waals surface area contributed by atoms with Crippen molar-refractivity contribution < 1.29 is 19.0 Å². The molecule has 2 aromatic heterocycles. The second kappa shape index (κ2) is 7.85. The van der Waals surface area contributed by atoms with Crippen LogP contribution in [0.25, 0.3) is 10.9 Å². The number of aryl methyl sites for hydroxylation is 1. The number of aromatic nitrogens is 3. The molecule has 3 aromatic rings. The van der Waals surface area contributed by atoms with Crippen molar-refractivity contribution in [1.29, 1.82) is 5.26 Å². The number of nitrogens with zero attached hydrogens (tertiary/aromatic N) is 4. The molecule has 1 aliphatic rings. The highest BCUT2D eigenvalue weighted by molar-refractivity contribution is 9.10. The number of hydrogen-bond acceptors (Lipinski definition) is 7. The van der Waals surface area contributed by atoms with Gasteiger partial charge in [0.2, 0.25) is 5.88 Å². The van der Waals surface area contributed by atoms with E-state index in [1.165, 1.54) is 11.8 Å². The summed E-state index contributed by atoms with van der Waals surface area (Å²) in [6.45, 7) is 5.39. The fraction of sp³-hybridized carbons (Fsp3) is 0.364. The van der Waals surface area contributed by atoms with Crippen molar-refractivity contribution in [3.8, 4) is 17.7 Å². The number of benzene rings is 1. The van der Waals surface area contributed by atoms with Crippen molar-refractivity contribution in [3.63, 3.8) is 0 Å². The molecular weight excluding hydrogens is 464 g/mol. The number of carbonyl (C=O) groups excluding carboxylic acids is 1. The molecule has 0 radical (unpaired) electrons. The minimum absolute atomic E-state index is 0.233. The minimum atomic E-state index is -0.645. The van der Waals surface area contributed by atoms with Crippen molar-refractivity contribution in [2.45, 2.75) is 45.3 Å². The number of hydrogen-bond donors (Lipinski definition) is 0. The normalized spacial score (nSPS) is 15.4. The zero-order chi connectivity index (χ0) is 22.3. The summed E-state index contributed by atoms with van der Waals surface area (Å²) in [6, 6.07) is 9.31. The number of ether oxygens (including phenoxy) is 3. The van der Waals surface area contributed by atoms with Gasteiger partial charge in [-0.2, -0.15) is 9.94 Å². The quantitative estimate of drug-likeness (QED) is 0.486. The first-order chi connectivity index (χ1) is 14.7. The molecule has 4 rings (SSSR count). The van der Waals surface area contributed by atoms with E-state index in [4.69, 9.17) is 14.2 Å².